The number of hydrogen-bond donors (Lipinski definition) is 0. The van der Waals surface area contributed by atoms with Gasteiger partial charge in [0.2, 0.25) is 0 Å². The highest BCUT2D eigenvalue weighted by molar-refractivity contribution is 6.25. The van der Waals surface area contributed by atoms with E-state index in [1.165, 1.54) is 0 Å². The molecule has 12 aromatic rings. The van der Waals surface area contributed by atoms with Crippen LogP contribution in [0, 0.1) is 11.3 Å². The van der Waals surface area contributed by atoms with Crippen LogP contribution in [0.4, 0.5) is 0 Å². The van der Waals surface area contributed by atoms with E-state index in [2.05, 4.69) is 143 Å². The third kappa shape index (κ3) is 3.81. The Balaban J connectivity index is 1.08. The third-order valence-corrected chi connectivity index (χ3v) is 11.2. The SMILES string of the molecule is N#Cc1cc(-c2ccccc2-n2c3ccccc3c3c4oc5ccccc5c4ccc32)ccc1-n1c2ccccc2c2c3oc4ccccc4c3ccc21. The number of para-hydroxylation sites is 5. The van der Waals surface area contributed by atoms with Crippen molar-refractivity contribution >= 4 is 87.5 Å². The molecule has 0 saturated heterocycles. The van der Waals surface area contributed by atoms with Crippen molar-refractivity contribution in [3.05, 3.63) is 169 Å². The fourth-order valence-electron chi connectivity index (χ4n) is 8.89. The summed E-state index contributed by atoms with van der Waals surface area (Å²) in [5.74, 6) is 0. The second-order valence-electron chi connectivity index (χ2n) is 13.9. The van der Waals surface area contributed by atoms with Crippen LogP contribution >= 0.6 is 0 Å². The van der Waals surface area contributed by atoms with Crippen molar-refractivity contribution in [3.8, 4) is 28.6 Å². The maximum Gasteiger partial charge on any atom is 0.145 e. The Kier molecular flexibility index (Phi) is 5.78. The predicted molar refractivity (Wildman–Crippen MR) is 220 cm³/mol. The van der Waals surface area contributed by atoms with Gasteiger partial charge in [-0.15, -0.1) is 0 Å². The maximum absolute atomic E-state index is 10.8. The quantitative estimate of drug-likeness (QED) is 0.185. The van der Waals surface area contributed by atoms with Gasteiger partial charge in [0.25, 0.3) is 0 Å². The molecule has 250 valence electrons. The Morgan fingerprint density at radius 3 is 1.50 bits per heavy atom. The van der Waals surface area contributed by atoms with Crippen LogP contribution in [0.2, 0.25) is 0 Å². The first kappa shape index (κ1) is 29.1. The zero-order valence-electron chi connectivity index (χ0n) is 28.7. The summed E-state index contributed by atoms with van der Waals surface area (Å²) >= 11 is 0. The van der Waals surface area contributed by atoms with Crippen molar-refractivity contribution in [2.45, 2.75) is 0 Å². The lowest BCUT2D eigenvalue weighted by Crippen LogP contribution is -2.00. The van der Waals surface area contributed by atoms with Gasteiger partial charge in [-0.25, -0.2) is 0 Å². The minimum atomic E-state index is 0.584. The highest BCUT2D eigenvalue weighted by Crippen LogP contribution is 2.44. The topological polar surface area (TPSA) is 59.9 Å². The molecule has 0 atom stereocenters. The molecular formula is C49H27N3O2. The Bertz CT molecular complexity index is 3590. The van der Waals surface area contributed by atoms with Gasteiger partial charge in [-0.3, -0.25) is 0 Å². The van der Waals surface area contributed by atoms with E-state index in [1.54, 1.807) is 0 Å². The molecule has 0 amide bonds. The van der Waals surface area contributed by atoms with E-state index in [0.29, 0.717) is 5.56 Å². The molecule has 0 aliphatic carbocycles. The standard InChI is InChI=1S/C49H27N3O2/c50-28-30-27-29(21-24-38(30)51-40-17-7-2-14-36(40)46-42(51)25-22-34-32-12-4-9-19-44(32)53-48(34)46)31-11-1-6-16-39(31)52-41-18-8-3-15-37(41)47-43(52)26-23-35-33-13-5-10-20-45(33)54-49(35)47/h1-27H. The van der Waals surface area contributed by atoms with Crippen molar-refractivity contribution in [3.63, 3.8) is 0 Å². The summed E-state index contributed by atoms with van der Waals surface area (Å²) in [6, 6.07) is 59.3. The van der Waals surface area contributed by atoms with Gasteiger partial charge in [0.15, 0.2) is 0 Å². The summed E-state index contributed by atoms with van der Waals surface area (Å²) in [5.41, 5.74) is 12.1. The first-order chi connectivity index (χ1) is 26.8. The van der Waals surface area contributed by atoms with Crippen LogP contribution in [0.1, 0.15) is 5.56 Å². The number of hydrogen-bond acceptors (Lipinski definition) is 3. The monoisotopic (exact) mass is 689 g/mol. The molecule has 0 aliphatic rings. The van der Waals surface area contributed by atoms with E-state index in [4.69, 9.17) is 8.83 Å². The summed E-state index contributed by atoms with van der Waals surface area (Å²) in [5, 5.41) is 19.5. The summed E-state index contributed by atoms with van der Waals surface area (Å²) in [4.78, 5) is 0. The Hall–Kier alpha value is -7.55. The number of benzene rings is 8. The molecule has 0 bridgehead atoms. The minimum Gasteiger partial charge on any atom is -0.455 e. The van der Waals surface area contributed by atoms with Gasteiger partial charge < -0.3 is 18.0 Å². The highest BCUT2D eigenvalue weighted by Gasteiger charge is 2.23. The van der Waals surface area contributed by atoms with Crippen LogP contribution in [0.5, 0.6) is 0 Å². The highest BCUT2D eigenvalue weighted by atomic mass is 16.3. The molecule has 54 heavy (non-hydrogen) atoms. The largest absolute Gasteiger partial charge is 0.455 e. The minimum absolute atomic E-state index is 0.584. The number of rotatable bonds is 3. The van der Waals surface area contributed by atoms with E-state index in [1.807, 2.05) is 36.4 Å². The van der Waals surface area contributed by atoms with Crippen molar-refractivity contribution < 1.29 is 8.83 Å². The second-order valence-corrected chi connectivity index (χ2v) is 13.9. The zero-order chi connectivity index (χ0) is 35.5. The molecule has 0 aliphatic heterocycles. The van der Waals surface area contributed by atoms with Crippen LogP contribution < -0.4 is 0 Å². The summed E-state index contributed by atoms with van der Waals surface area (Å²) < 4.78 is 17.6. The Labute approximate surface area is 307 Å². The van der Waals surface area contributed by atoms with Crippen molar-refractivity contribution in [1.29, 1.82) is 5.26 Å². The molecule has 0 saturated carbocycles. The molecular weight excluding hydrogens is 663 g/mol. The predicted octanol–water partition coefficient (Wildman–Crippen LogP) is 13.2. The molecule has 5 nitrogen and oxygen atoms in total. The van der Waals surface area contributed by atoms with E-state index in [0.717, 1.165) is 110 Å². The van der Waals surface area contributed by atoms with E-state index in [9.17, 15) is 5.26 Å². The van der Waals surface area contributed by atoms with E-state index < -0.39 is 0 Å². The summed E-state index contributed by atoms with van der Waals surface area (Å²) in [6.45, 7) is 0. The number of furan rings is 2. The Morgan fingerprint density at radius 1 is 0.407 bits per heavy atom. The van der Waals surface area contributed by atoms with Gasteiger partial charge >= 0.3 is 0 Å². The molecule has 8 aromatic carbocycles. The number of fused-ring (bicyclic) bond motifs is 14. The third-order valence-electron chi connectivity index (χ3n) is 11.2. The lowest BCUT2D eigenvalue weighted by molar-refractivity contribution is 0.672. The first-order valence-corrected chi connectivity index (χ1v) is 18.1. The normalized spacial score (nSPS) is 12.1. The van der Waals surface area contributed by atoms with Crippen molar-refractivity contribution in [1.82, 2.24) is 9.13 Å². The average Bonchev–Trinajstić information content (AvgIpc) is 3.98. The van der Waals surface area contributed by atoms with Crippen LogP contribution in [0.3, 0.4) is 0 Å². The van der Waals surface area contributed by atoms with Gasteiger partial charge in [0.05, 0.1) is 49.8 Å². The van der Waals surface area contributed by atoms with Gasteiger partial charge in [-0.2, -0.15) is 5.26 Å². The van der Waals surface area contributed by atoms with E-state index in [-0.39, 0.29) is 0 Å². The molecule has 0 radical (unpaired) electrons. The van der Waals surface area contributed by atoms with Crippen molar-refractivity contribution in [2.24, 2.45) is 0 Å². The molecule has 0 spiro atoms. The first-order valence-electron chi connectivity index (χ1n) is 18.1. The molecule has 4 heterocycles. The summed E-state index contributed by atoms with van der Waals surface area (Å²) in [7, 11) is 0. The van der Waals surface area contributed by atoms with Gasteiger partial charge in [-0.05, 0) is 72.3 Å². The number of nitriles is 1. The van der Waals surface area contributed by atoms with Gasteiger partial charge in [-0.1, -0.05) is 97.1 Å². The smallest absolute Gasteiger partial charge is 0.145 e. The average molecular weight is 690 g/mol. The number of aromatic nitrogens is 2. The lowest BCUT2D eigenvalue weighted by atomic mass is 10.00. The van der Waals surface area contributed by atoms with Crippen LogP contribution in [0.15, 0.2) is 173 Å². The Morgan fingerprint density at radius 2 is 0.907 bits per heavy atom. The molecule has 0 N–H and O–H groups in total. The molecule has 4 aromatic heterocycles. The zero-order valence-corrected chi connectivity index (χ0v) is 28.7. The van der Waals surface area contributed by atoms with Gasteiger partial charge in [0.1, 0.15) is 28.4 Å². The van der Waals surface area contributed by atoms with Gasteiger partial charge in [0, 0.05) is 37.9 Å². The molecule has 0 unspecified atom stereocenters. The number of nitrogens with zero attached hydrogens (tertiary/aromatic N) is 3. The molecule has 5 heteroatoms. The van der Waals surface area contributed by atoms with E-state index >= 15 is 0 Å². The van der Waals surface area contributed by atoms with Crippen molar-refractivity contribution in [2.75, 3.05) is 0 Å². The van der Waals surface area contributed by atoms with Crippen LogP contribution in [-0.2, 0) is 0 Å². The fourth-order valence-corrected chi connectivity index (χ4v) is 8.89. The van der Waals surface area contributed by atoms with Crippen LogP contribution in [0.25, 0.3) is 110 Å². The fraction of sp³-hybridized carbons (Fsp3) is 0. The summed E-state index contributed by atoms with van der Waals surface area (Å²) in [6.07, 6.45) is 0. The maximum atomic E-state index is 10.8. The second kappa shape index (κ2) is 10.7. The molecule has 12 rings (SSSR count). The lowest BCUT2D eigenvalue weighted by Gasteiger charge is -2.16. The van der Waals surface area contributed by atoms with Crippen LogP contribution in [-0.4, -0.2) is 9.13 Å². The molecule has 0 fully saturated rings.